The number of hydrogen-bond donors (Lipinski definition) is 1. The van der Waals surface area contributed by atoms with E-state index in [0.717, 1.165) is 35.7 Å². The van der Waals surface area contributed by atoms with E-state index in [1.807, 2.05) is 38.2 Å². The van der Waals surface area contributed by atoms with Crippen LogP contribution in [0, 0.1) is 0 Å². The molecule has 112 valence electrons. The Morgan fingerprint density at radius 1 is 1.14 bits per heavy atom. The van der Waals surface area contributed by atoms with Gasteiger partial charge >= 0.3 is 0 Å². The van der Waals surface area contributed by atoms with E-state index in [0.29, 0.717) is 6.61 Å². The van der Waals surface area contributed by atoms with Crippen LogP contribution in [-0.4, -0.2) is 23.6 Å². The molecule has 1 N–H and O–H groups in total. The topological polar surface area (TPSA) is 47.0 Å². The van der Waals surface area contributed by atoms with Crippen LogP contribution in [0.2, 0.25) is 0 Å². The van der Waals surface area contributed by atoms with E-state index in [1.165, 1.54) is 0 Å². The van der Waals surface area contributed by atoms with E-state index in [2.05, 4.69) is 29.4 Å². The van der Waals surface area contributed by atoms with E-state index in [-0.39, 0.29) is 6.10 Å². The van der Waals surface area contributed by atoms with Gasteiger partial charge in [0, 0.05) is 25.4 Å². The van der Waals surface area contributed by atoms with Crippen LogP contribution in [0.5, 0.6) is 0 Å². The molecule has 21 heavy (non-hydrogen) atoms. The lowest BCUT2D eigenvalue weighted by Crippen LogP contribution is -2.13. The second-order valence-corrected chi connectivity index (χ2v) is 4.85. The Balaban J connectivity index is 2.41. The van der Waals surface area contributed by atoms with E-state index in [9.17, 15) is 0 Å². The van der Waals surface area contributed by atoms with Crippen molar-refractivity contribution in [2.45, 2.75) is 32.8 Å². The molecule has 0 aliphatic rings. The molecule has 2 aromatic rings. The number of ether oxygens (including phenoxy) is 1. The molecule has 4 heteroatoms. The number of benzene rings is 1. The van der Waals surface area contributed by atoms with Crippen molar-refractivity contribution >= 4 is 5.82 Å². The first-order chi connectivity index (χ1) is 10.3. The Bertz CT molecular complexity index is 557. The molecular formula is C17H23N3O. The maximum Gasteiger partial charge on any atom is 0.164 e. The normalized spacial score (nSPS) is 12.1. The number of aromatic nitrogens is 2. The molecule has 0 aliphatic carbocycles. The van der Waals surface area contributed by atoms with Crippen molar-refractivity contribution in [3.05, 3.63) is 53.5 Å². The van der Waals surface area contributed by atoms with Crippen molar-refractivity contribution in [3.8, 4) is 0 Å². The van der Waals surface area contributed by atoms with Gasteiger partial charge in [-0.2, -0.15) is 0 Å². The number of aryl methyl sites for hydroxylation is 1. The molecule has 0 radical (unpaired) electrons. The molecular weight excluding hydrogens is 262 g/mol. The third-order valence-electron chi connectivity index (χ3n) is 3.23. The van der Waals surface area contributed by atoms with Gasteiger partial charge in [0.15, 0.2) is 5.82 Å². The minimum absolute atomic E-state index is 0.222. The maximum absolute atomic E-state index is 5.89. The van der Waals surface area contributed by atoms with Crippen LogP contribution in [0.4, 0.5) is 5.82 Å². The van der Waals surface area contributed by atoms with Gasteiger partial charge in [0.2, 0.25) is 0 Å². The van der Waals surface area contributed by atoms with Crippen LogP contribution < -0.4 is 5.32 Å². The monoisotopic (exact) mass is 285 g/mol. The molecule has 1 aromatic heterocycles. The van der Waals surface area contributed by atoms with E-state index >= 15 is 0 Å². The lowest BCUT2D eigenvalue weighted by Gasteiger charge is -2.18. The van der Waals surface area contributed by atoms with Crippen LogP contribution in [-0.2, 0) is 11.2 Å². The second kappa shape index (κ2) is 7.74. The first-order valence-corrected chi connectivity index (χ1v) is 7.50. The molecule has 2 rings (SSSR count). The van der Waals surface area contributed by atoms with Gasteiger partial charge in [-0.15, -0.1) is 0 Å². The standard InChI is InChI=1S/C17H23N3O/c1-4-9-14-12-15(18-3)20-17(19-14)16(21-5-2)13-10-7-6-8-11-13/h6-8,10-12,16H,4-5,9H2,1-3H3,(H,18,19,20). The molecule has 1 unspecified atom stereocenters. The lowest BCUT2D eigenvalue weighted by molar-refractivity contribution is 0.0850. The zero-order valence-corrected chi connectivity index (χ0v) is 13.0. The summed E-state index contributed by atoms with van der Waals surface area (Å²) in [6.07, 6.45) is 1.78. The Kier molecular flexibility index (Phi) is 5.69. The summed E-state index contributed by atoms with van der Waals surface area (Å²) in [6, 6.07) is 12.1. The van der Waals surface area contributed by atoms with Gasteiger partial charge in [-0.3, -0.25) is 0 Å². The summed E-state index contributed by atoms with van der Waals surface area (Å²) in [6.45, 7) is 4.76. The van der Waals surface area contributed by atoms with E-state index < -0.39 is 0 Å². The zero-order chi connectivity index (χ0) is 15.1. The van der Waals surface area contributed by atoms with Gasteiger partial charge in [-0.05, 0) is 18.9 Å². The third-order valence-corrected chi connectivity index (χ3v) is 3.23. The quantitative estimate of drug-likeness (QED) is 0.844. The molecule has 0 amide bonds. The highest BCUT2D eigenvalue weighted by Gasteiger charge is 2.18. The van der Waals surface area contributed by atoms with Gasteiger partial charge in [0.05, 0.1) is 0 Å². The van der Waals surface area contributed by atoms with E-state index in [4.69, 9.17) is 9.72 Å². The van der Waals surface area contributed by atoms with Gasteiger partial charge in [0.25, 0.3) is 0 Å². The van der Waals surface area contributed by atoms with Crippen molar-refractivity contribution < 1.29 is 4.74 Å². The molecule has 0 saturated carbocycles. The highest BCUT2D eigenvalue weighted by atomic mass is 16.5. The summed E-state index contributed by atoms with van der Waals surface area (Å²) in [4.78, 5) is 9.27. The highest BCUT2D eigenvalue weighted by Crippen LogP contribution is 2.24. The number of nitrogens with one attached hydrogen (secondary N) is 1. The Labute approximate surface area is 126 Å². The lowest BCUT2D eigenvalue weighted by atomic mass is 10.1. The van der Waals surface area contributed by atoms with Crippen molar-refractivity contribution in [1.29, 1.82) is 0 Å². The fourth-order valence-electron chi connectivity index (χ4n) is 2.26. The van der Waals surface area contributed by atoms with Crippen LogP contribution in [0.15, 0.2) is 36.4 Å². The molecule has 1 aromatic carbocycles. The Morgan fingerprint density at radius 3 is 2.52 bits per heavy atom. The minimum Gasteiger partial charge on any atom is -0.373 e. The molecule has 1 atom stereocenters. The molecule has 0 saturated heterocycles. The average molecular weight is 285 g/mol. The number of rotatable bonds is 7. The molecule has 0 bridgehead atoms. The van der Waals surface area contributed by atoms with Crippen molar-refractivity contribution in [3.63, 3.8) is 0 Å². The van der Waals surface area contributed by atoms with Crippen LogP contribution >= 0.6 is 0 Å². The van der Waals surface area contributed by atoms with Gasteiger partial charge in [-0.1, -0.05) is 43.7 Å². The van der Waals surface area contributed by atoms with Gasteiger partial charge in [-0.25, -0.2) is 9.97 Å². The highest BCUT2D eigenvalue weighted by molar-refractivity contribution is 5.37. The SMILES string of the molecule is CCCc1cc(NC)nc(C(OCC)c2ccccc2)n1. The predicted octanol–water partition coefficient (Wildman–Crippen LogP) is 3.60. The Morgan fingerprint density at radius 2 is 1.90 bits per heavy atom. The largest absolute Gasteiger partial charge is 0.373 e. The van der Waals surface area contributed by atoms with Gasteiger partial charge < -0.3 is 10.1 Å². The third kappa shape index (κ3) is 4.02. The van der Waals surface area contributed by atoms with Gasteiger partial charge in [0.1, 0.15) is 11.9 Å². The average Bonchev–Trinajstić information content (AvgIpc) is 2.53. The number of anilines is 1. The summed E-state index contributed by atoms with van der Waals surface area (Å²) < 4.78 is 5.89. The minimum atomic E-state index is -0.222. The summed E-state index contributed by atoms with van der Waals surface area (Å²) in [5, 5.41) is 3.11. The Hall–Kier alpha value is -1.94. The zero-order valence-electron chi connectivity index (χ0n) is 13.0. The fourth-order valence-corrected chi connectivity index (χ4v) is 2.26. The fraction of sp³-hybridized carbons (Fsp3) is 0.412. The molecule has 1 heterocycles. The van der Waals surface area contributed by atoms with Crippen LogP contribution in [0.25, 0.3) is 0 Å². The molecule has 0 aliphatic heterocycles. The summed E-state index contributed by atoms with van der Waals surface area (Å²) >= 11 is 0. The van der Waals surface area contributed by atoms with Crippen molar-refractivity contribution in [1.82, 2.24) is 9.97 Å². The predicted molar refractivity (Wildman–Crippen MR) is 85.5 cm³/mol. The molecule has 0 fully saturated rings. The van der Waals surface area contributed by atoms with Crippen molar-refractivity contribution in [2.24, 2.45) is 0 Å². The van der Waals surface area contributed by atoms with E-state index in [1.54, 1.807) is 0 Å². The second-order valence-electron chi connectivity index (χ2n) is 4.85. The first-order valence-electron chi connectivity index (χ1n) is 7.50. The summed E-state index contributed by atoms with van der Waals surface area (Å²) in [7, 11) is 1.88. The number of hydrogen-bond acceptors (Lipinski definition) is 4. The van der Waals surface area contributed by atoms with Crippen LogP contribution in [0.1, 0.15) is 43.5 Å². The summed E-state index contributed by atoms with van der Waals surface area (Å²) in [5.74, 6) is 1.56. The molecule has 4 nitrogen and oxygen atoms in total. The first kappa shape index (κ1) is 15.4. The van der Waals surface area contributed by atoms with Crippen LogP contribution in [0.3, 0.4) is 0 Å². The number of nitrogens with zero attached hydrogens (tertiary/aromatic N) is 2. The molecule has 0 spiro atoms. The smallest absolute Gasteiger partial charge is 0.164 e. The summed E-state index contributed by atoms with van der Waals surface area (Å²) in [5.41, 5.74) is 2.13. The van der Waals surface area contributed by atoms with Crippen molar-refractivity contribution in [2.75, 3.05) is 19.0 Å². The maximum atomic E-state index is 5.89.